The maximum absolute atomic E-state index is 13.7. The fraction of sp³-hybridized carbons (Fsp3) is 0.280. The number of aryl methyl sites for hydroxylation is 1. The van der Waals surface area contributed by atoms with E-state index in [1.807, 2.05) is 48.0 Å². The number of carbonyl (C=O) groups is 1. The number of rotatable bonds is 2. The minimum Gasteiger partial charge on any atom is -0.496 e. The highest BCUT2D eigenvalue weighted by Crippen LogP contribution is 2.44. The molecule has 6 rings (SSSR count). The molecule has 0 radical (unpaired) electrons. The topological polar surface area (TPSA) is 76.0 Å². The van der Waals surface area contributed by atoms with Crippen molar-refractivity contribution in [1.29, 1.82) is 0 Å². The van der Waals surface area contributed by atoms with E-state index < -0.39 is 17.9 Å². The van der Waals surface area contributed by atoms with Crippen LogP contribution in [-0.2, 0) is 22.9 Å². The molecule has 0 bridgehead atoms. The Morgan fingerprint density at radius 2 is 1.88 bits per heavy atom. The molecule has 1 saturated heterocycles. The Morgan fingerprint density at radius 1 is 1.12 bits per heavy atom. The van der Waals surface area contributed by atoms with E-state index in [1.54, 1.807) is 20.1 Å². The normalized spacial score (nSPS) is 22.1. The van der Waals surface area contributed by atoms with Crippen LogP contribution in [0.15, 0.2) is 47.3 Å². The lowest BCUT2D eigenvalue weighted by molar-refractivity contribution is -0.0164. The SMILES string of the molecule is COc1cc2c(c3c1c(=O)c1cc4ccccc4cc1n3C)C[C@H]([C@]1(C)COC(=O)O1)O2. The predicted molar refractivity (Wildman–Crippen MR) is 120 cm³/mol. The first-order chi connectivity index (χ1) is 15.4. The monoisotopic (exact) mass is 431 g/mol. The van der Waals surface area contributed by atoms with Gasteiger partial charge in [0, 0.05) is 30.5 Å². The summed E-state index contributed by atoms with van der Waals surface area (Å²) >= 11 is 0. The molecule has 1 fully saturated rings. The van der Waals surface area contributed by atoms with Crippen molar-refractivity contribution < 1.29 is 23.7 Å². The van der Waals surface area contributed by atoms with Gasteiger partial charge in [0.2, 0.25) is 5.43 Å². The van der Waals surface area contributed by atoms with E-state index in [9.17, 15) is 9.59 Å². The summed E-state index contributed by atoms with van der Waals surface area (Å²) in [6.45, 7) is 1.92. The third-order valence-electron chi connectivity index (χ3n) is 6.71. The van der Waals surface area contributed by atoms with Gasteiger partial charge in [-0.3, -0.25) is 4.79 Å². The fourth-order valence-electron chi connectivity index (χ4n) is 4.99. The summed E-state index contributed by atoms with van der Waals surface area (Å²) in [6, 6.07) is 13.7. The van der Waals surface area contributed by atoms with E-state index in [0.29, 0.717) is 28.7 Å². The summed E-state index contributed by atoms with van der Waals surface area (Å²) in [6.07, 6.45) is -0.642. The van der Waals surface area contributed by atoms with Crippen LogP contribution in [0, 0.1) is 0 Å². The lowest BCUT2D eigenvalue weighted by Crippen LogP contribution is -2.44. The summed E-state index contributed by atoms with van der Waals surface area (Å²) in [5.74, 6) is 1.08. The Morgan fingerprint density at radius 3 is 2.56 bits per heavy atom. The van der Waals surface area contributed by atoms with Crippen molar-refractivity contribution in [1.82, 2.24) is 4.57 Å². The fourth-order valence-corrected chi connectivity index (χ4v) is 4.99. The smallest absolute Gasteiger partial charge is 0.496 e. The molecule has 7 heteroatoms. The van der Waals surface area contributed by atoms with Crippen LogP contribution < -0.4 is 14.9 Å². The average Bonchev–Trinajstić information content (AvgIpc) is 3.39. The molecule has 162 valence electrons. The lowest BCUT2D eigenvalue weighted by Gasteiger charge is -2.26. The zero-order chi connectivity index (χ0) is 22.2. The first-order valence-corrected chi connectivity index (χ1v) is 10.5. The number of carbonyl (C=O) groups excluding carboxylic acids is 1. The quantitative estimate of drug-likeness (QED) is 0.352. The summed E-state index contributed by atoms with van der Waals surface area (Å²) in [4.78, 5) is 25.3. The van der Waals surface area contributed by atoms with E-state index in [4.69, 9.17) is 18.9 Å². The second-order valence-electron chi connectivity index (χ2n) is 8.65. The minimum absolute atomic E-state index is 0.0798. The van der Waals surface area contributed by atoms with Crippen LogP contribution in [0.3, 0.4) is 0 Å². The molecule has 3 heterocycles. The van der Waals surface area contributed by atoms with Gasteiger partial charge < -0.3 is 23.5 Å². The predicted octanol–water partition coefficient (Wildman–Crippen LogP) is 4.08. The lowest BCUT2D eigenvalue weighted by atomic mass is 9.94. The van der Waals surface area contributed by atoms with Crippen molar-refractivity contribution in [3.05, 3.63) is 58.3 Å². The van der Waals surface area contributed by atoms with Crippen LogP contribution in [0.4, 0.5) is 4.79 Å². The number of hydrogen-bond donors (Lipinski definition) is 0. The number of cyclic esters (lactones) is 2. The standard InChI is InChI=1S/C25H21NO6/c1-25(12-30-24(28)32-25)20-10-16-18(31-20)11-19(29-3)21-22(16)26(2)17-9-14-7-5-4-6-13(14)8-15(17)23(21)27/h4-9,11,20H,10,12H2,1-3H3/t20-,25+/m1/s1. The molecule has 0 amide bonds. The zero-order valence-corrected chi connectivity index (χ0v) is 17.9. The van der Waals surface area contributed by atoms with E-state index in [2.05, 4.69) is 0 Å². The highest BCUT2D eigenvalue weighted by Gasteiger charge is 2.49. The van der Waals surface area contributed by atoms with E-state index in [1.165, 1.54) is 0 Å². The number of nitrogens with zero attached hydrogens (tertiary/aromatic N) is 1. The van der Waals surface area contributed by atoms with Gasteiger partial charge in [-0.25, -0.2) is 4.79 Å². The molecular weight excluding hydrogens is 410 g/mol. The molecule has 2 aliphatic heterocycles. The van der Waals surface area contributed by atoms with Crippen LogP contribution in [0.2, 0.25) is 0 Å². The second-order valence-corrected chi connectivity index (χ2v) is 8.65. The first kappa shape index (κ1) is 19.0. The van der Waals surface area contributed by atoms with Gasteiger partial charge in [0.25, 0.3) is 0 Å². The molecule has 32 heavy (non-hydrogen) atoms. The summed E-state index contributed by atoms with van der Waals surface area (Å²) in [5, 5.41) is 3.23. The molecule has 0 aliphatic carbocycles. The summed E-state index contributed by atoms with van der Waals surface area (Å²) < 4.78 is 24.3. The number of aromatic nitrogens is 1. The van der Waals surface area contributed by atoms with Gasteiger partial charge in [-0.2, -0.15) is 0 Å². The van der Waals surface area contributed by atoms with Crippen molar-refractivity contribution in [2.75, 3.05) is 13.7 Å². The molecule has 3 aromatic carbocycles. The van der Waals surface area contributed by atoms with Gasteiger partial charge in [0.05, 0.1) is 23.5 Å². The van der Waals surface area contributed by atoms with Gasteiger partial charge in [-0.1, -0.05) is 24.3 Å². The highest BCUT2D eigenvalue weighted by atomic mass is 16.8. The van der Waals surface area contributed by atoms with Crippen molar-refractivity contribution in [3.8, 4) is 11.5 Å². The van der Waals surface area contributed by atoms with Crippen molar-refractivity contribution in [2.24, 2.45) is 7.05 Å². The molecule has 0 unspecified atom stereocenters. The molecule has 2 aliphatic rings. The number of fused-ring (bicyclic) bond motifs is 5. The van der Waals surface area contributed by atoms with Crippen molar-refractivity contribution >= 4 is 38.7 Å². The Hall–Kier alpha value is -3.74. The number of methoxy groups -OCH3 is 1. The van der Waals surface area contributed by atoms with E-state index >= 15 is 0 Å². The molecule has 7 nitrogen and oxygen atoms in total. The molecule has 2 atom stereocenters. The van der Waals surface area contributed by atoms with Gasteiger partial charge in [0.15, 0.2) is 5.60 Å². The Bertz CT molecular complexity index is 1520. The molecular formula is C25H21NO6. The zero-order valence-electron chi connectivity index (χ0n) is 17.9. The number of pyridine rings is 1. The molecule has 0 N–H and O–H groups in total. The van der Waals surface area contributed by atoms with E-state index in [-0.39, 0.29) is 12.0 Å². The Kier molecular flexibility index (Phi) is 3.79. The summed E-state index contributed by atoms with van der Waals surface area (Å²) in [7, 11) is 3.50. The minimum atomic E-state index is -0.901. The molecule has 1 aromatic heterocycles. The Balaban J connectivity index is 1.65. The van der Waals surface area contributed by atoms with Gasteiger partial charge in [-0.05, 0) is 29.8 Å². The number of benzene rings is 3. The van der Waals surface area contributed by atoms with E-state index in [0.717, 1.165) is 27.4 Å². The van der Waals surface area contributed by atoms with Crippen LogP contribution in [0.1, 0.15) is 12.5 Å². The maximum Gasteiger partial charge on any atom is 0.509 e. The maximum atomic E-state index is 13.7. The third kappa shape index (κ3) is 2.48. The van der Waals surface area contributed by atoms with Crippen LogP contribution in [-0.4, -0.2) is 36.1 Å². The van der Waals surface area contributed by atoms with Gasteiger partial charge in [0.1, 0.15) is 24.2 Å². The van der Waals surface area contributed by atoms with Gasteiger partial charge in [-0.15, -0.1) is 0 Å². The molecule has 0 spiro atoms. The number of ether oxygens (including phenoxy) is 4. The largest absolute Gasteiger partial charge is 0.509 e. The van der Waals surface area contributed by atoms with Crippen LogP contribution in [0.25, 0.3) is 32.6 Å². The highest BCUT2D eigenvalue weighted by molar-refractivity contribution is 6.04. The van der Waals surface area contributed by atoms with Crippen LogP contribution in [0.5, 0.6) is 11.5 Å². The van der Waals surface area contributed by atoms with Crippen molar-refractivity contribution in [2.45, 2.75) is 25.0 Å². The third-order valence-corrected chi connectivity index (χ3v) is 6.71. The Labute approximate surface area is 183 Å². The van der Waals surface area contributed by atoms with Crippen molar-refractivity contribution in [3.63, 3.8) is 0 Å². The second kappa shape index (κ2) is 6.38. The number of hydrogen-bond acceptors (Lipinski definition) is 6. The average molecular weight is 431 g/mol. The van der Waals surface area contributed by atoms with Gasteiger partial charge >= 0.3 is 6.16 Å². The first-order valence-electron chi connectivity index (χ1n) is 10.5. The summed E-state index contributed by atoms with van der Waals surface area (Å²) in [5.41, 5.74) is 1.51. The molecule has 4 aromatic rings. The molecule has 0 saturated carbocycles. The van der Waals surface area contributed by atoms with Crippen LogP contribution >= 0.6 is 0 Å².